The molecule has 0 saturated heterocycles. The molecule has 1 saturated carbocycles. The molecule has 0 radical (unpaired) electrons. The lowest BCUT2D eigenvalue weighted by molar-refractivity contribution is 0.204. The molecule has 1 atom stereocenters. The number of hydrogen-bond donors (Lipinski definition) is 1. The Morgan fingerprint density at radius 1 is 1.39 bits per heavy atom. The Morgan fingerprint density at radius 2 is 2.06 bits per heavy atom. The Balaban J connectivity index is 2.08. The molecular weight excluding hydrogens is 228 g/mol. The molecule has 1 aromatic rings. The number of hydrogen-bond acceptors (Lipinski definition) is 4. The van der Waals surface area contributed by atoms with Crippen LogP contribution in [0.4, 0.5) is 0 Å². The first kappa shape index (κ1) is 12.7. The first-order valence-electron chi connectivity index (χ1n) is 6.11. The first-order chi connectivity index (χ1) is 8.75. The van der Waals surface area contributed by atoms with Crippen molar-refractivity contribution in [2.24, 2.45) is 5.92 Å². The summed E-state index contributed by atoms with van der Waals surface area (Å²) in [4.78, 5) is 0. The number of likely N-dealkylation sites (N-methyl/N-ethyl adjacent to an activating group) is 1. The Kier molecular flexibility index (Phi) is 3.73. The van der Waals surface area contributed by atoms with Crippen molar-refractivity contribution in [3.05, 3.63) is 24.3 Å². The zero-order chi connectivity index (χ0) is 13.0. The van der Waals surface area contributed by atoms with Crippen LogP contribution in [0.2, 0.25) is 0 Å². The van der Waals surface area contributed by atoms with E-state index in [1.54, 1.807) is 7.11 Å². The zero-order valence-electron chi connectivity index (χ0n) is 10.8. The van der Waals surface area contributed by atoms with Gasteiger partial charge in [0.25, 0.3) is 0 Å². The van der Waals surface area contributed by atoms with E-state index >= 15 is 0 Å². The Bertz CT molecular complexity index is 451. The summed E-state index contributed by atoms with van der Waals surface area (Å²) in [5, 5.41) is 12.5. The van der Waals surface area contributed by atoms with Crippen molar-refractivity contribution in [1.82, 2.24) is 5.32 Å². The summed E-state index contributed by atoms with van der Waals surface area (Å²) in [6.45, 7) is 0.338. The van der Waals surface area contributed by atoms with E-state index in [1.165, 1.54) is 0 Å². The van der Waals surface area contributed by atoms with Crippen LogP contribution >= 0.6 is 0 Å². The third kappa shape index (κ3) is 2.41. The van der Waals surface area contributed by atoms with E-state index in [0.29, 0.717) is 24.0 Å². The molecule has 0 heterocycles. The maximum absolute atomic E-state index is 9.37. The molecule has 18 heavy (non-hydrogen) atoms. The fourth-order valence-corrected chi connectivity index (χ4v) is 2.08. The van der Waals surface area contributed by atoms with Gasteiger partial charge in [-0.2, -0.15) is 5.26 Å². The van der Waals surface area contributed by atoms with Gasteiger partial charge in [-0.1, -0.05) is 12.1 Å². The number of nitriles is 1. The van der Waals surface area contributed by atoms with Crippen LogP contribution in [-0.2, 0) is 0 Å². The van der Waals surface area contributed by atoms with Crippen LogP contribution < -0.4 is 14.8 Å². The van der Waals surface area contributed by atoms with E-state index in [4.69, 9.17) is 9.47 Å². The minimum atomic E-state index is -0.582. The lowest BCUT2D eigenvalue weighted by Crippen LogP contribution is -2.49. The van der Waals surface area contributed by atoms with Crippen LogP contribution in [0.3, 0.4) is 0 Å². The molecule has 1 unspecified atom stereocenters. The van der Waals surface area contributed by atoms with Crippen molar-refractivity contribution in [2.45, 2.75) is 18.4 Å². The van der Waals surface area contributed by atoms with E-state index in [9.17, 15) is 5.26 Å². The molecule has 0 aliphatic heterocycles. The number of nitrogens with zero attached hydrogens (tertiary/aromatic N) is 1. The van der Waals surface area contributed by atoms with Crippen LogP contribution in [0.25, 0.3) is 0 Å². The van der Waals surface area contributed by atoms with Crippen LogP contribution in [0.1, 0.15) is 12.8 Å². The average Bonchev–Trinajstić information content (AvgIpc) is 3.26. The smallest absolute Gasteiger partial charge is 0.161 e. The maximum Gasteiger partial charge on any atom is 0.161 e. The van der Waals surface area contributed by atoms with E-state index in [2.05, 4.69) is 11.4 Å². The molecule has 0 spiro atoms. The van der Waals surface area contributed by atoms with Crippen LogP contribution in [-0.4, -0.2) is 26.3 Å². The fourth-order valence-electron chi connectivity index (χ4n) is 2.08. The molecule has 1 aliphatic rings. The minimum absolute atomic E-state index is 0.338. The van der Waals surface area contributed by atoms with Gasteiger partial charge in [0.15, 0.2) is 11.5 Å². The van der Waals surface area contributed by atoms with Gasteiger partial charge in [0.2, 0.25) is 0 Å². The molecule has 1 aliphatic carbocycles. The quantitative estimate of drug-likeness (QED) is 0.833. The summed E-state index contributed by atoms with van der Waals surface area (Å²) in [6.07, 6.45) is 2.17. The predicted octanol–water partition coefficient (Wildman–Crippen LogP) is 1.97. The molecule has 1 N–H and O–H groups in total. The van der Waals surface area contributed by atoms with Gasteiger partial charge in [0.1, 0.15) is 12.1 Å². The second-order valence-electron chi connectivity index (χ2n) is 4.55. The Morgan fingerprint density at radius 3 is 2.56 bits per heavy atom. The molecule has 0 amide bonds. The van der Waals surface area contributed by atoms with E-state index in [-0.39, 0.29) is 0 Å². The van der Waals surface area contributed by atoms with Crippen LogP contribution in [0.5, 0.6) is 11.5 Å². The highest BCUT2D eigenvalue weighted by Crippen LogP contribution is 2.40. The molecule has 4 heteroatoms. The number of para-hydroxylation sites is 2. The summed E-state index contributed by atoms with van der Waals surface area (Å²) in [5.74, 6) is 1.76. The van der Waals surface area contributed by atoms with E-state index < -0.39 is 5.54 Å². The summed E-state index contributed by atoms with van der Waals surface area (Å²) in [7, 11) is 3.42. The molecular formula is C14H18N2O2. The average molecular weight is 246 g/mol. The summed E-state index contributed by atoms with van der Waals surface area (Å²) >= 11 is 0. The predicted molar refractivity (Wildman–Crippen MR) is 68.6 cm³/mol. The minimum Gasteiger partial charge on any atom is -0.493 e. The van der Waals surface area contributed by atoms with Gasteiger partial charge < -0.3 is 9.47 Å². The molecule has 0 bridgehead atoms. The van der Waals surface area contributed by atoms with Crippen molar-refractivity contribution in [3.8, 4) is 17.6 Å². The summed E-state index contributed by atoms with van der Waals surface area (Å²) in [5.41, 5.74) is -0.582. The van der Waals surface area contributed by atoms with Crippen molar-refractivity contribution < 1.29 is 9.47 Å². The monoisotopic (exact) mass is 246 g/mol. The maximum atomic E-state index is 9.37. The van der Waals surface area contributed by atoms with Crippen molar-refractivity contribution in [3.63, 3.8) is 0 Å². The van der Waals surface area contributed by atoms with Gasteiger partial charge in [-0.25, -0.2) is 0 Å². The third-order valence-electron chi connectivity index (χ3n) is 3.44. The van der Waals surface area contributed by atoms with Crippen LogP contribution in [0.15, 0.2) is 24.3 Å². The highest BCUT2D eigenvalue weighted by atomic mass is 16.5. The van der Waals surface area contributed by atoms with Crippen molar-refractivity contribution >= 4 is 0 Å². The fraction of sp³-hybridized carbons (Fsp3) is 0.500. The van der Waals surface area contributed by atoms with Crippen molar-refractivity contribution in [2.75, 3.05) is 20.8 Å². The lowest BCUT2D eigenvalue weighted by atomic mass is 9.96. The molecule has 1 aromatic carbocycles. The number of nitrogens with one attached hydrogen (secondary N) is 1. The zero-order valence-corrected chi connectivity index (χ0v) is 10.8. The number of ether oxygens (including phenoxy) is 2. The topological polar surface area (TPSA) is 54.3 Å². The molecule has 1 fully saturated rings. The molecule has 96 valence electrons. The highest BCUT2D eigenvalue weighted by Gasteiger charge is 2.45. The second kappa shape index (κ2) is 5.28. The Labute approximate surface area is 108 Å². The van der Waals surface area contributed by atoms with Crippen LogP contribution in [0, 0.1) is 17.2 Å². The molecule has 4 nitrogen and oxygen atoms in total. The van der Waals surface area contributed by atoms with E-state index in [1.807, 2.05) is 31.3 Å². The first-order valence-corrected chi connectivity index (χ1v) is 6.11. The van der Waals surface area contributed by atoms with Gasteiger partial charge in [0.05, 0.1) is 13.2 Å². The normalized spacial score (nSPS) is 17.6. The lowest BCUT2D eigenvalue weighted by Gasteiger charge is -2.26. The van der Waals surface area contributed by atoms with Gasteiger partial charge in [-0.05, 0) is 37.9 Å². The Hall–Kier alpha value is -1.73. The number of rotatable bonds is 6. The summed E-state index contributed by atoms with van der Waals surface area (Å²) in [6, 6.07) is 9.84. The van der Waals surface area contributed by atoms with Gasteiger partial charge in [-0.3, -0.25) is 5.32 Å². The second-order valence-corrected chi connectivity index (χ2v) is 4.55. The third-order valence-corrected chi connectivity index (χ3v) is 3.44. The van der Waals surface area contributed by atoms with Gasteiger partial charge >= 0.3 is 0 Å². The van der Waals surface area contributed by atoms with E-state index in [0.717, 1.165) is 12.8 Å². The highest BCUT2D eigenvalue weighted by molar-refractivity contribution is 5.39. The largest absolute Gasteiger partial charge is 0.493 e. The number of methoxy groups -OCH3 is 1. The molecule has 0 aromatic heterocycles. The standard InChI is InChI=1S/C14H18N2O2/c1-16-14(9-15,11-7-8-11)10-18-13-6-4-3-5-12(13)17-2/h3-6,11,16H,7-8,10H2,1-2H3. The summed E-state index contributed by atoms with van der Waals surface area (Å²) < 4.78 is 11.0. The van der Waals surface area contributed by atoms with Crippen molar-refractivity contribution in [1.29, 1.82) is 5.26 Å². The van der Waals surface area contributed by atoms with Gasteiger partial charge in [0, 0.05) is 0 Å². The SMILES string of the molecule is CNC(C#N)(COc1ccccc1OC)C1CC1. The number of benzene rings is 1. The molecule has 2 rings (SSSR count). The van der Waals surface area contributed by atoms with Gasteiger partial charge in [-0.15, -0.1) is 0 Å².